The Morgan fingerprint density at radius 3 is 2.56 bits per heavy atom. The molecule has 1 aromatic heterocycles. The average molecular weight is 243 g/mol. The summed E-state index contributed by atoms with van der Waals surface area (Å²) in [4.78, 5) is 13.7. The summed E-state index contributed by atoms with van der Waals surface area (Å²) in [7, 11) is 0. The number of aromatic nitrogens is 1. The monoisotopic (exact) mass is 243 g/mol. The zero-order valence-corrected chi connectivity index (χ0v) is 9.84. The molecule has 0 unspecified atom stereocenters. The highest BCUT2D eigenvalue weighted by molar-refractivity contribution is 5.97. The Morgan fingerprint density at radius 1 is 1.28 bits per heavy atom. The van der Waals surface area contributed by atoms with E-state index < -0.39 is 5.97 Å². The number of carbonyl (C=O) groups is 1. The van der Waals surface area contributed by atoms with Crippen LogP contribution < -0.4 is 5.43 Å². The number of nitrogens with one attached hydrogen (secondary N) is 2. The minimum atomic E-state index is -0.937. The van der Waals surface area contributed by atoms with Crippen molar-refractivity contribution in [3.8, 4) is 0 Å². The topological polar surface area (TPSA) is 77.5 Å². The molecule has 0 aliphatic heterocycles. The van der Waals surface area contributed by atoms with Gasteiger partial charge >= 0.3 is 5.97 Å². The number of hydrogen-bond donors (Lipinski definition) is 3. The van der Waals surface area contributed by atoms with E-state index in [9.17, 15) is 4.79 Å². The summed E-state index contributed by atoms with van der Waals surface area (Å²) in [5.74, 6) is -0.937. The van der Waals surface area contributed by atoms with Crippen molar-refractivity contribution in [1.29, 1.82) is 0 Å². The van der Waals surface area contributed by atoms with Crippen molar-refractivity contribution in [1.82, 2.24) is 4.98 Å². The smallest absolute Gasteiger partial charge is 0.335 e. The lowest BCUT2D eigenvalue weighted by molar-refractivity contribution is 0.0697. The third-order valence-electron chi connectivity index (χ3n) is 2.47. The Morgan fingerprint density at radius 2 is 2.00 bits per heavy atom. The van der Waals surface area contributed by atoms with Crippen LogP contribution in [0.3, 0.4) is 0 Å². The number of aromatic amines is 1. The molecular weight excluding hydrogens is 230 g/mol. The van der Waals surface area contributed by atoms with Gasteiger partial charge in [-0.1, -0.05) is 0 Å². The number of H-pyrrole nitrogens is 1. The molecule has 1 aromatic carbocycles. The van der Waals surface area contributed by atoms with E-state index in [2.05, 4.69) is 15.5 Å². The van der Waals surface area contributed by atoms with Crippen LogP contribution in [0.1, 0.15) is 23.0 Å². The summed E-state index contributed by atoms with van der Waals surface area (Å²) >= 11 is 0. The standard InChI is InChI=1S/C13H13N3O2/c1-9(12-3-2-8-14-12)15-16-11-6-4-10(5-7-11)13(17)18/h2-8,14,16H,1H3,(H,17,18)/b15-9+. The van der Waals surface area contributed by atoms with Crippen molar-refractivity contribution in [3.63, 3.8) is 0 Å². The van der Waals surface area contributed by atoms with Crippen molar-refractivity contribution in [2.75, 3.05) is 5.43 Å². The number of anilines is 1. The number of aromatic carboxylic acids is 1. The van der Waals surface area contributed by atoms with E-state index in [-0.39, 0.29) is 5.56 Å². The molecule has 0 aliphatic rings. The molecule has 0 aliphatic carbocycles. The van der Waals surface area contributed by atoms with E-state index in [1.165, 1.54) is 12.1 Å². The van der Waals surface area contributed by atoms with Gasteiger partial charge in [0.05, 0.1) is 22.7 Å². The second kappa shape index (κ2) is 5.18. The Hall–Kier alpha value is -2.56. The third-order valence-corrected chi connectivity index (χ3v) is 2.47. The number of nitrogens with zero attached hydrogens (tertiary/aromatic N) is 1. The number of hydrazone groups is 1. The van der Waals surface area contributed by atoms with Gasteiger partial charge in [-0.3, -0.25) is 5.43 Å². The second-order valence-electron chi connectivity index (χ2n) is 3.78. The van der Waals surface area contributed by atoms with E-state index in [4.69, 9.17) is 5.11 Å². The van der Waals surface area contributed by atoms with Gasteiger partial charge in [0, 0.05) is 6.20 Å². The van der Waals surface area contributed by atoms with Gasteiger partial charge in [0.25, 0.3) is 0 Å². The van der Waals surface area contributed by atoms with Crippen LogP contribution in [0, 0.1) is 0 Å². The maximum absolute atomic E-state index is 10.7. The molecule has 2 rings (SSSR count). The number of carboxylic acid groups (broad SMARTS) is 1. The molecule has 0 spiro atoms. The number of benzene rings is 1. The predicted octanol–water partition coefficient (Wildman–Crippen LogP) is 2.55. The lowest BCUT2D eigenvalue weighted by atomic mass is 10.2. The summed E-state index contributed by atoms with van der Waals surface area (Å²) in [6.45, 7) is 1.88. The van der Waals surface area contributed by atoms with Crippen LogP contribution in [0.15, 0.2) is 47.7 Å². The second-order valence-corrected chi connectivity index (χ2v) is 3.78. The van der Waals surface area contributed by atoms with Crippen LogP contribution in [0.5, 0.6) is 0 Å². The molecule has 18 heavy (non-hydrogen) atoms. The quantitative estimate of drug-likeness (QED) is 0.570. The van der Waals surface area contributed by atoms with E-state index in [1.54, 1.807) is 12.1 Å². The normalized spacial score (nSPS) is 11.3. The van der Waals surface area contributed by atoms with Gasteiger partial charge in [-0.2, -0.15) is 5.10 Å². The highest BCUT2D eigenvalue weighted by atomic mass is 16.4. The largest absolute Gasteiger partial charge is 0.478 e. The molecule has 1 heterocycles. The predicted molar refractivity (Wildman–Crippen MR) is 70.0 cm³/mol. The van der Waals surface area contributed by atoms with Crippen molar-refractivity contribution in [2.24, 2.45) is 5.10 Å². The van der Waals surface area contributed by atoms with Gasteiger partial charge in [0.1, 0.15) is 0 Å². The Kier molecular flexibility index (Phi) is 3.43. The summed E-state index contributed by atoms with van der Waals surface area (Å²) in [6.07, 6.45) is 1.83. The summed E-state index contributed by atoms with van der Waals surface area (Å²) in [6, 6.07) is 10.2. The molecule has 3 N–H and O–H groups in total. The summed E-state index contributed by atoms with van der Waals surface area (Å²) in [5.41, 5.74) is 5.63. The fraction of sp³-hybridized carbons (Fsp3) is 0.0769. The summed E-state index contributed by atoms with van der Waals surface area (Å²) < 4.78 is 0. The van der Waals surface area contributed by atoms with Gasteiger partial charge < -0.3 is 10.1 Å². The fourth-order valence-electron chi connectivity index (χ4n) is 1.45. The van der Waals surface area contributed by atoms with Gasteiger partial charge in [-0.25, -0.2) is 4.79 Å². The molecule has 2 aromatic rings. The molecule has 0 bridgehead atoms. The van der Waals surface area contributed by atoms with Crippen molar-refractivity contribution < 1.29 is 9.90 Å². The number of rotatable bonds is 4. The molecule has 0 saturated heterocycles. The van der Waals surface area contributed by atoms with E-state index in [1.807, 2.05) is 25.3 Å². The van der Waals surface area contributed by atoms with Crippen LogP contribution in [-0.4, -0.2) is 21.8 Å². The first-order valence-electron chi connectivity index (χ1n) is 5.44. The van der Waals surface area contributed by atoms with Gasteiger partial charge in [0.15, 0.2) is 0 Å². The van der Waals surface area contributed by atoms with Crippen LogP contribution >= 0.6 is 0 Å². The molecular formula is C13H13N3O2. The first kappa shape index (κ1) is 11.9. The lowest BCUT2D eigenvalue weighted by Gasteiger charge is -2.02. The lowest BCUT2D eigenvalue weighted by Crippen LogP contribution is -2.00. The molecule has 0 fully saturated rings. The van der Waals surface area contributed by atoms with E-state index >= 15 is 0 Å². The van der Waals surface area contributed by atoms with Crippen molar-refractivity contribution in [3.05, 3.63) is 53.9 Å². The molecule has 5 heteroatoms. The van der Waals surface area contributed by atoms with Crippen LogP contribution in [0.4, 0.5) is 5.69 Å². The minimum Gasteiger partial charge on any atom is -0.478 e. The zero-order valence-electron chi connectivity index (χ0n) is 9.84. The molecule has 0 atom stereocenters. The van der Waals surface area contributed by atoms with Gasteiger partial charge in [-0.15, -0.1) is 0 Å². The number of carboxylic acids is 1. The molecule has 0 saturated carbocycles. The number of hydrogen-bond acceptors (Lipinski definition) is 3. The third kappa shape index (κ3) is 2.76. The highest BCUT2D eigenvalue weighted by Crippen LogP contribution is 2.10. The van der Waals surface area contributed by atoms with E-state index in [0.29, 0.717) is 0 Å². The first-order chi connectivity index (χ1) is 8.66. The zero-order chi connectivity index (χ0) is 13.0. The van der Waals surface area contributed by atoms with Crippen LogP contribution in [0.2, 0.25) is 0 Å². The van der Waals surface area contributed by atoms with Crippen molar-refractivity contribution >= 4 is 17.4 Å². The van der Waals surface area contributed by atoms with E-state index in [0.717, 1.165) is 17.1 Å². The molecule has 0 amide bonds. The fourth-order valence-corrected chi connectivity index (χ4v) is 1.45. The minimum absolute atomic E-state index is 0.255. The summed E-state index contributed by atoms with van der Waals surface area (Å²) in [5, 5.41) is 13.0. The molecule has 92 valence electrons. The molecule has 0 radical (unpaired) electrons. The van der Waals surface area contributed by atoms with Gasteiger partial charge in [-0.05, 0) is 43.3 Å². The Labute approximate surface area is 104 Å². The van der Waals surface area contributed by atoms with Gasteiger partial charge in [0.2, 0.25) is 0 Å². The Balaban J connectivity index is 2.06. The maximum Gasteiger partial charge on any atom is 0.335 e. The highest BCUT2D eigenvalue weighted by Gasteiger charge is 2.01. The first-order valence-corrected chi connectivity index (χ1v) is 5.44. The van der Waals surface area contributed by atoms with Crippen LogP contribution in [-0.2, 0) is 0 Å². The van der Waals surface area contributed by atoms with Crippen LogP contribution in [0.25, 0.3) is 0 Å². The SMILES string of the molecule is C/C(=N\Nc1ccc(C(=O)O)cc1)c1ccc[nH]1. The average Bonchev–Trinajstić information content (AvgIpc) is 2.90. The Bertz CT molecular complexity index is 556. The van der Waals surface area contributed by atoms with Crippen molar-refractivity contribution in [2.45, 2.75) is 6.92 Å². The maximum atomic E-state index is 10.7. The molecule has 5 nitrogen and oxygen atoms in total.